The van der Waals surface area contributed by atoms with Crippen LogP contribution in [0.3, 0.4) is 0 Å². The molecule has 4 unspecified atom stereocenters. The second-order valence-electron chi connectivity index (χ2n) is 13.0. The van der Waals surface area contributed by atoms with Crippen LogP contribution < -0.4 is 15.4 Å². The van der Waals surface area contributed by atoms with Crippen LogP contribution in [0.4, 0.5) is 18.9 Å². The van der Waals surface area contributed by atoms with Gasteiger partial charge in [0.1, 0.15) is 34.4 Å². The van der Waals surface area contributed by atoms with E-state index in [-0.39, 0.29) is 54.6 Å². The molecular weight excluding hydrogens is 651 g/mol. The van der Waals surface area contributed by atoms with Crippen LogP contribution in [0.2, 0.25) is 0 Å². The zero-order chi connectivity index (χ0) is 36.3. The predicted molar refractivity (Wildman–Crippen MR) is 169 cm³/mol. The first-order chi connectivity index (χ1) is 22.8. The minimum atomic E-state index is -4.85. The van der Waals surface area contributed by atoms with Crippen molar-refractivity contribution in [1.82, 2.24) is 4.90 Å². The van der Waals surface area contributed by atoms with E-state index in [1.807, 2.05) is 0 Å². The first-order valence-electron chi connectivity index (χ1n) is 15.3. The summed E-state index contributed by atoms with van der Waals surface area (Å²) >= 11 is 0. The van der Waals surface area contributed by atoms with E-state index < -0.39 is 75.9 Å². The van der Waals surface area contributed by atoms with E-state index in [0.29, 0.717) is 16.8 Å². The number of hydrogen-bond donors (Lipinski definition) is 5. The number of amides is 1. The van der Waals surface area contributed by atoms with Crippen LogP contribution >= 0.6 is 0 Å². The van der Waals surface area contributed by atoms with Crippen molar-refractivity contribution in [2.75, 3.05) is 33.1 Å². The van der Waals surface area contributed by atoms with Crippen LogP contribution in [0.5, 0.6) is 11.5 Å². The summed E-state index contributed by atoms with van der Waals surface area (Å²) in [5.41, 5.74) is 3.05. The molecule has 12 nitrogen and oxygen atoms in total. The number of phenols is 1. The van der Waals surface area contributed by atoms with Crippen LogP contribution in [-0.2, 0) is 38.4 Å². The summed E-state index contributed by atoms with van der Waals surface area (Å²) in [7, 11) is 6.49. The summed E-state index contributed by atoms with van der Waals surface area (Å²) < 4.78 is 41.2. The number of rotatable bonds is 9. The fourth-order valence-corrected chi connectivity index (χ4v) is 7.33. The van der Waals surface area contributed by atoms with Crippen LogP contribution in [0.25, 0.3) is 5.76 Å². The van der Waals surface area contributed by atoms with E-state index in [0.717, 1.165) is 12.1 Å². The normalized spacial score (nSPS) is 23.7. The Morgan fingerprint density at radius 3 is 2.24 bits per heavy atom. The number of alkyl halides is 3. The molecule has 3 aliphatic rings. The number of carbonyl (C=O) groups is 4. The third kappa shape index (κ3) is 6.12. The molecule has 6 N–H and O–H groups in total. The maximum absolute atomic E-state index is 14.1. The number of ether oxygens (including phenoxy) is 1. The number of ketones is 3. The topological polar surface area (TPSA) is 191 Å². The molecule has 0 spiro atoms. The van der Waals surface area contributed by atoms with Gasteiger partial charge in [-0.15, -0.1) is 13.2 Å². The van der Waals surface area contributed by atoms with Crippen molar-refractivity contribution in [1.29, 1.82) is 0 Å². The van der Waals surface area contributed by atoms with Gasteiger partial charge in [0.15, 0.2) is 11.4 Å². The fourth-order valence-electron chi connectivity index (χ4n) is 7.33. The molecular formula is C34H36F3N3O9. The van der Waals surface area contributed by atoms with Crippen molar-refractivity contribution in [3.8, 4) is 11.5 Å². The van der Waals surface area contributed by atoms with Gasteiger partial charge < -0.3 is 35.8 Å². The van der Waals surface area contributed by atoms with E-state index >= 15 is 0 Å². The molecule has 1 saturated carbocycles. The number of aryl methyl sites for hydroxylation is 1. The largest absolute Gasteiger partial charge is 0.573 e. The lowest BCUT2D eigenvalue weighted by Gasteiger charge is -2.50. The molecule has 5 rings (SSSR count). The van der Waals surface area contributed by atoms with Gasteiger partial charge in [0, 0.05) is 44.1 Å². The highest BCUT2D eigenvalue weighted by molar-refractivity contribution is 6.24. The zero-order valence-corrected chi connectivity index (χ0v) is 27.1. The van der Waals surface area contributed by atoms with Gasteiger partial charge in [-0.2, -0.15) is 0 Å². The molecule has 2 aromatic carbocycles. The highest BCUT2D eigenvalue weighted by Gasteiger charge is 2.64. The number of hydrogen-bond acceptors (Lipinski definition) is 11. The number of Topliss-reactive ketones (excluding diaryl/α,β-unsaturated/α-hetero) is 3. The van der Waals surface area contributed by atoms with Gasteiger partial charge >= 0.3 is 6.36 Å². The highest BCUT2D eigenvalue weighted by Crippen LogP contribution is 2.54. The van der Waals surface area contributed by atoms with Gasteiger partial charge in [-0.3, -0.25) is 24.1 Å². The number of aliphatic hydroxyl groups excluding tert-OH is 2. The lowest BCUT2D eigenvalue weighted by atomic mass is 9.57. The van der Waals surface area contributed by atoms with Gasteiger partial charge in [0.05, 0.1) is 11.6 Å². The molecule has 0 aromatic heterocycles. The number of aromatic hydroxyl groups is 1. The minimum absolute atomic E-state index is 0.00181. The second-order valence-corrected chi connectivity index (χ2v) is 13.0. The number of anilines is 1. The number of halogens is 3. The Balaban J connectivity index is 1.49. The monoisotopic (exact) mass is 687 g/mol. The molecule has 4 atom stereocenters. The maximum atomic E-state index is 14.1. The van der Waals surface area contributed by atoms with Gasteiger partial charge in [-0.1, -0.05) is 12.1 Å². The van der Waals surface area contributed by atoms with Crippen LogP contribution in [0, 0.1) is 11.8 Å². The Morgan fingerprint density at radius 2 is 1.69 bits per heavy atom. The van der Waals surface area contributed by atoms with E-state index in [9.17, 15) is 52.8 Å². The third-order valence-electron chi connectivity index (χ3n) is 9.49. The van der Waals surface area contributed by atoms with Crippen molar-refractivity contribution in [3.05, 3.63) is 69.5 Å². The lowest BCUT2D eigenvalue weighted by Crippen LogP contribution is -2.65. The molecule has 262 valence electrons. The SMILES string of the molecule is CN(C)c1cc(CCC(=O)Cc2ccc(OC(F)(F)F)cc2)c(O)c2c1CC1CC3C(N(C)C)C(=O)C(C(N)=O)=C(O)C3(O)C(=O)C1=C2O. The van der Waals surface area contributed by atoms with Crippen LogP contribution in [-0.4, -0.2) is 94.8 Å². The van der Waals surface area contributed by atoms with Crippen molar-refractivity contribution in [2.45, 2.75) is 50.1 Å². The molecule has 0 heterocycles. The average molecular weight is 688 g/mol. The maximum Gasteiger partial charge on any atom is 0.573 e. The van der Waals surface area contributed by atoms with Gasteiger partial charge in [-0.05, 0) is 74.2 Å². The number of benzene rings is 2. The first kappa shape index (κ1) is 35.4. The summed E-state index contributed by atoms with van der Waals surface area (Å²) in [6.45, 7) is 0. The number of fused-ring (bicyclic) bond motifs is 3. The van der Waals surface area contributed by atoms with Crippen molar-refractivity contribution in [3.63, 3.8) is 0 Å². The summed E-state index contributed by atoms with van der Waals surface area (Å²) in [6, 6.07) is 5.32. The van der Waals surface area contributed by atoms with Gasteiger partial charge in [0.2, 0.25) is 5.78 Å². The Labute approximate surface area is 278 Å². The standard InChI is InChI=1S/C34H36F3N3O9/c1-39(2)22-14-16(7-8-18(41)11-15-5-9-19(10-6-15)49-34(35,36)37)27(42)24-20(22)12-17-13-21-26(40(3)4)29(44)25(32(38)47)31(46)33(21,48)30(45)23(17)28(24)43/h5-6,9-10,14,17,21,26,42-43,46,48H,7-8,11-13H2,1-4H3,(H2,38,47). The number of carbonyl (C=O) groups excluding carboxylic acids is 4. The first-order valence-corrected chi connectivity index (χ1v) is 15.3. The summed E-state index contributed by atoms with van der Waals surface area (Å²) in [5.74, 6) is -8.22. The fraction of sp³-hybridized carbons (Fsp3) is 0.412. The third-order valence-corrected chi connectivity index (χ3v) is 9.49. The molecule has 0 bridgehead atoms. The number of likely N-dealkylation sites (N-methyl/N-ethyl adjacent to an activating group) is 1. The lowest BCUT2D eigenvalue weighted by molar-refractivity contribution is -0.274. The van der Waals surface area contributed by atoms with E-state index in [2.05, 4.69) is 4.74 Å². The zero-order valence-electron chi connectivity index (χ0n) is 27.1. The summed E-state index contributed by atoms with van der Waals surface area (Å²) in [4.78, 5) is 55.7. The highest BCUT2D eigenvalue weighted by atomic mass is 19.4. The molecule has 15 heteroatoms. The number of aliphatic hydroxyl groups is 3. The van der Waals surface area contributed by atoms with E-state index in [1.54, 1.807) is 25.1 Å². The van der Waals surface area contributed by atoms with Crippen molar-refractivity contribution < 1.29 is 57.5 Å². The summed E-state index contributed by atoms with van der Waals surface area (Å²) in [6.07, 6.45) is -5.00. The average Bonchev–Trinajstić information content (AvgIpc) is 2.98. The van der Waals surface area contributed by atoms with Crippen molar-refractivity contribution >= 4 is 34.7 Å². The number of phenolic OH excluding ortho intramolecular Hbond substituents is 1. The molecule has 49 heavy (non-hydrogen) atoms. The van der Waals surface area contributed by atoms with Crippen LogP contribution in [0.15, 0.2) is 47.2 Å². The van der Waals surface area contributed by atoms with E-state index in [4.69, 9.17) is 5.73 Å². The Morgan fingerprint density at radius 1 is 1.06 bits per heavy atom. The number of primary amides is 1. The minimum Gasteiger partial charge on any atom is -0.508 e. The molecule has 2 aromatic rings. The Kier molecular flexibility index (Phi) is 9.06. The summed E-state index contributed by atoms with van der Waals surface area (Å²) in [5, 5.41) is 46.0. The number of nitrogens with zero attached hydrogens (tertiary/aromatic N) is 2. The van der Waals surface area contributed by atoms with Gasteiger partial charge in [0.25, 0.3) is 5.91 Å². The van der Waals surface area contributed by atoms with E-state index in [1.165, 1.54) is 31.1 Å². The second kappa shape index (κ2) is 12.5. The molecule has 1 fully saturated rings. The molecule has 1 amide bonds. The molecule has 3 aliphatic carbocycles. The van der Waals surface area contributed by atoms with Crippen molar-refractivity contribution in [2.24, 2.45) is 17.6 Å². The van der Waals surface area contributed by atoms with Crippen LogP contribution in [0.1, 0.15) is 35.1 Å². The molecule has 0 saturated heterocycles. The predicted octanol–water partition coefficient (Wildman–Crippen LogP) is 2.67. The molecule has 0 radical (unpaired) electrons. The Hall–Kier alpha value is -4.89. The van der Waals surface area contributed by atoms with Gasteiger partial charge in [-0.25, -0.2) is 0 Å². The Bertz CT molecular complexity index is 1820. The smallest absolute Gasteiger partial charge is 0.508 e. The quantitative estimate of drug-likeness (QED) is 0.244. The molecule has 0 aliphatic heterocycles. The number of nitrogens with two attached hydrogens (primary N) is 1.